The molecule has 0 aromatic heterocycles. The summed E-state index contributed by atoms with van der Waals surface area (Å²) in [6.45, 7) is 8.48. The lowest BCUT2D eigenvalue weighted by atomic mass is 10.1. The van der Waals surface area contributed by atoms with Gasteiger partial charge in [-0.2, -0.15) is 0 Å². The summed E-state index contributed by atoms with van der Waals surface area (Å²) in [7, 11) is 0. The van der Waals surface area contributed by atoms with E-state index in [4.69, 9.17) is 10.8 Å². The number of aliphatic carboxylic acids is 1. The van der Waals surface area contributed by atoms with Crippen molar-refractivity contribution in [2.45, 2.75) is 39.2 Å². The van der Waals surface area contributed by atoms with E-state index >= 15 is 0 Å². The van der Waals surface area contributed by atoms with E-state index in [9.17, 15) is 4.79 Å². The van der Waals surface area contributed by atoms with Gasteiger partial charge in [-0.05, 0) is 32.5 Å². The molecule has 0 saturated carbocycles. The molecular weight excluding hydrogens is 218 g/mol. The van der Waals surface area contributed by atoms with Gasteiger partial charge in [0.1, 0.15) is 6.04 Å². The molecule has 0 fully saturated rings. The molecule has 0 rings (SSSR count). The maximum Gasteiger partial charge on any atom is 0.320 e. The molecule has 17 heavy (non-hydrogen) atoms. The third kappa shape index (κ3) is 8.12. The molecule has 5 heteroatoms. The summed E-state index contributed by atoms with van der Waals surface area (Å²) in [5, 5.41) is 12.1. The van der Waals surface area contributed by atoms with Gasteiger partial charge in [0.15, 0.2) is 0 Å². The van der Waals surface area contributed by atoms with E-state index in [1.54, 1.807) is 0 Å². The molecule has 102 valence electrons. The Kier molecular flexibility index (Phi) is 10.1. The zero-order valence-corrected chi connectivity index (χ0v) is 11.1. The number of likely N-dealkylation sites (N-methyl/N-ethyl adjacent to an activating group) is 1. The van der Waals surface area contributed by atoms with Gasteiger partial charge in [-0.3, -0.25) is 4.79 Å². The van der Waals surface area contributed by atoms with Crippen molar-refractivity contribution in [1.82, 2.24) is 10.2 Å². The first-order valence-corrected chi connectivity index (χ1v) is 6.54. The molecule has 4 N–H and O–H groups in total. The van der Waals surface area contributed by atoms with E-state index in [0.29, 0.717) is 13.0 Å². The normalized spacial score (nSPS) is 12.9. The van der Waals surface area contributed by atoms with Crippen LogP contribution in [-0.2, 0) is 4.79 Å². The molecule has 0 spiro atoms. The molecule has 0 unspecified atom stereocenters. The number of nitrogens with one attached hydrogen (secondary N) is 1. The fraction of sp³-hybridized carbons (Fsp3) is 0.917. The summed E-state index contributed by atoms with van der Waals surface area (Å²) in [5.74, 6) is -0.762. The number of unbranched alkanes of at least 4 members (excludes halogenated alkanes) is 1. The van der Waals surface area contributed by atoms with Crippen LogP contribution in [0.2, 0.25) is 0 Å². The van der Waals surface area contributed by atoms with Gasteiger partial charge in [0, 0.05) is 13.1 Å². The Hall–Kier alpha value is -0.650. The first kappa shape index (κ1) is 16.4. The minimum atomic E-state index is -0.762. The Bertz CT molecular complexity index is 196. The fourth-order valence-electron chi connectivity index (χ4n) is 1.74. The van der Waals surface area contributed by atoms with Crippen molar-refractivity contribution in [2.24, 2.45) is 5.73 Å². The van der Waals surface area contributed by atoms with Gasteiger partial charge in [-0.15, -0.1) is 0 Å². The monoisotopic (exact) mass is 245 g/mol. The molecule has 0 heterocycles. The Morgan fingerprint density at radius 1 is 1.35 bits per heavy atom. The molecule has 0 aromatic rings. The number of rotatable bonds is 11. The van der Waals surface area contributed by atoms with Gasteiger partial charge in [0.2, 0.25) is 0 Å². The quantitative estimate of drug-likeness (QED) is 0.462. The van der Waals surface area contributed by atoms with E-state index < -0.39 is 12.0 Å². The standard InChI is InChI=1S/C12H27N3O2/c1-3-15(4-2)10-9-14-11(12(16)17)7-5-6-8-13/h11,14H,3-10,13H2,1-2H3,(H,16,17)/t11-/m0/s1. The first-order chi connectivity index (χ1) is 8.15. The zero-order valence-electron chi connectivity index (χ0n) is 11.1. The average Bonchev–Trinajstić information content (AvgIpc) is 2.32. The Labute approximate surface area is 104 Å². The molecule has 0 radical (unpaired) electrons. The molecule has 1 atom stereocenters. The van der Waals surface area contributed by atoms with Crippen LogP contribution in [0, 0.1) is 0 Å². The number of hydrogen-bond donors (Lipinski definition) is 3. The number of carbonyl (C=O) groups is 1. The highest BCUT2D eigenvalue weighted by Gasteiger charge is 2.15. The lowest BCUT2D eigenvalue weighted by Gasteiger charge is -2.20. The third-order valence-electron chi connectivity index (χ3n) is 2.96. The maximum atomic E-state index is 11.0. The third-order valence-corrected chi connectivity index (χ3v) is 2.96. The van der Waals surface area contributed by atoms with Crippen LogP contribution in [0.5, 0.6) is 0 Å². The summed E-state index contributed by atoms with van der Waals surface area (Å²) in [4.78, 5) is 13.3. The maximum absolute atomic E-state index is 11.0. The lowest BCUT2D eigenvalue weighted by molar-refractivity contribution is -0.139. The molecule has 0 aliphatic carbocycles. The lowest BCUT2D eigenvalue weighted by Crippen LogP contribution is -2.41. The van der Waals surface area contributed by atoms with Crippen molar-refractivity contribution in [3.8, 4) is 0 Å². The Morgan fingerprint density at radius 3 is 2.47 bits per heavy atom. The summed E-state index contributed by atoms with van der Waals surface area (Å²) in [6, 6.07) is -0.433. The van der Waals surface area contributed by atoms with Crippen molar-refractivity contribution in [3.63, 3.8) is 0 Å². The molecular formula is C12H27N3O2. The largest absolute Gasteiger partial charge is 0.480 e. The van der Waals surface area contributed by atoms with Crippen LogP contribution in [0.3, 0.4) is 0 Å². The van der Waals surface area contributed by atoms with E-state index in [-0.39, 0.29) is 0 Å². The van der Waals surface area contributed by atoms with Crippen molar-refractivity contribution in [3.05, 3.63) is 0 Å². The number of carboxylic acids is 1. The van der Waals surface area contributed by atoms with Crippen LogP contribution < -0.4 is 11.1 Å². The number of nitrogens with two attached hydrogens (primary N) is 1. The van der Waals surface area contributed by atoms with E-state index in [2.05, 4.69) is 24.1 Å². The molecule has 0 saturated heterocycles. The zero-order chi connectivity index (χ0) is 13.1. The van der Waals surface area contributed by atoms with Gasteiger partial charge < -0.3 is 21.1 Å². The number of hydrogen-bond acceptors (Lipinski definition) is 4. The second-order valence-corrected chi connectivity index (χ2v) is 4.16. The van der Waals surface area contributed by atoms with Crippen molar-refractivity contribution in [2.75, 3.05) is 32.7 Å². The Morgan fingerprint density at radius 2 is 2.00 bits per heavy atom. The van der Waals surface area contributed by atoms with Crippen LogP contribution in [0.1, 0.15) is 33.1 Å². The minimum absolute atomic E-state index is 0.433. The van der Waals surface area contributed by atoms with Gasteiger partial charge in [-0.1, -0.05) is 20.3 Å². The van der Waals surface area contributed by atoms with Gasteiger partial charge >= 0.3 is 5.97 Å². The van der Waals surface area contributed by atoms with Gasteiger partial charge in [0.25, 0.3) is 0 Å². The SMILES string of the molecule is CCN(CC)CCN[C@@H](CCCCN)C(=O)O. The van der Waals surface area contributed by atoms with E-state index in [1.165, 1.54) is 0 Å². The van der Waals surface area contributed by atoms with E-state index in [0.717, 1.165) is 39.0 Å². The molecule has 0 aliphatic heterocycles. The Balaban J connectivity index is 3.80. The van der Waals surface area contributed by atoms with Crippen LogP contribution in [0.15, 0.2) is 0 Å². The van der Waals surface area contributed by atoms with E-state index in [1.807, 2.05) is 0 Å². The second-order valence-electron chi connectivity index (χ2n) is 4.16. The number of carboxylic acid groups (broad SMARTS) is 1. The minimum Gasteiger partial charge on any atom is -0.480 e. The van der Waals surface area contributed by atoms with Crippen LogP contribution >= 0.6 is 0 Å². The summed E-state index contributed by atoms with van der Waals surface area (Å²) < 4.78 is 0. The van der Waals surface area contributed by atoms with Crippen molar-refractivity contribution < 1.29 is 9.90 Å². The van der Waals surface area contributed by atoms with Crippen molar-refractivity contribution >= 4 is 5.97 Å². The smallest absolute Gasteiger partial charge is 0.320 e. The highest BCUT2D eigenvalue weighted by Crippen LogP contribution is 2.00. The van der Waals surface area contributed by atoms with Crippen LogP contribution in [0.4, 0.5) is 0 Å². The molecule has 0 bridgehead atoms. The predicted octanol–water partition coefficient (Wildman–Crippen LogP) is 0.500. The molecule has 0 aliphatic rings. The number of nitrogens with zero attached hydrogens (tertiary/aromatic N) is 1. The van der Waals surface area contributed by atoms with Crippen molar-refractivity contribution in [1.29, 1.82) is 0 Å². The van der Waals surface area contributed by atoms with Gasteiger partial charge in [-0.25, -0.2) is 0 Å². The predicted molar refractivity (Wildman–Crippen MR) is 70.1 cm³/mol. The summed E-state index contributed by atoms with van der Waals surface area (Å²) >= 11 is 0. The van der Waals surface area contributed by atoms with Gasteiger partial charge in [0.05, 0.1) is 0 Å². The summed E-state index contributed by atoms with van der Waals surface area (Å²) in [5.41, 5.74) is 5.39. The average molecular weight is 245 g/mol. The highest BCUT2D eigenvalue weighted by atomic mass is 16.4. The topological polar surface area (TPSA) is 78.6 Å². The van der Waals surface area contributed by atoms with Crippen LogP contribution in [0.25, 0.3) is 0 Å². The fourth-order valence-corrected chi connectivity index (χ4v) is 1.74. The summed E-state index contributed by atoms with van der Waals surface area (Å²) in [6.07, 6.45) is 2.41. The molecule has 5 nitrogen and oxygen atoms in total. The van der Waals surface area contributed by atoms with Crippen LogP contribution in [-0.4, -0.2) is 54.7 Å². The molecule has 0 aromatic carbocycles. The highest BCUT2D eigenvalue weighted by molar-refractivity contribution is 5.73. The second kappa shape index (κ2) is 10.5. The first-order valence-electron chi connectivity index (χ1n) is 6.54. The molecule has 0 amide bonds.